The van der Waals surface area contributed by atoms with Gasteiger partial charge in [-0.25, -0.2) is 4.79 Å². The maximum atomic E-state index is 13.5. The second-order valence-corrected chi connectivity index (χ2v) is 9.26. The predicted molar refractivity (Wildman–Crippen MR) is 135 cm³/mol. The van der Waals surface area contributed by atoms with Gasteiger partial charge in [-0.15, -0.1) is 0 Å². The number of aliphatic carboxylic acids is 1. The van der Waals surface area contributed by atoms with Crippen molar-refractivity contribution in [1.82, 2.24) is 10.2 Å². The summed E-state index contributed by atoms with van der Waals surface area (Å²) in [5, 5.41) is 13.9. The van der Waals surface area contributed by atoms with Crippen molar-refractivity contribution in [3.8, 4) is 0 Å². The zero-order chi connectivity index (χ0) is 24.1. The van der Waals surface area contributed by atoms with Crippen LogP contribution in [0.25, 0.3) is 10.8 Å². The number of carbonyl (C=O) groups excluding carboxylic acids is 2. The fourth-order valence-corrected chi connectivity index (χ4v) is 4.86. The number of nitrogens with one attached hydrogen (secondary N) is 1. The largest absolute Gasteiger partial charge is 0.480 e. The number of carboxylic acids is 1. The molecule has 1 saturated heterocycles. The van der Waals surface area contributed by atoms with Crippen molar-refractivity contribution in [2.45, 2.75) is 43.0 Å². The quantitative estimate of drug-likeness (QED) is 0.435. The van der Waals surface area contributed by atoms with E-state index >= 15 is 0 Å². The Kier molecular flexibility index (Phi) is 7.53. The number of hydrogen-bond donors (Lipinski definition) is 3. The van der Waals surface area contributed by atoms with Gasteiger partial charge in [-0.05, 0) is 41.2 Å². The van der Waals surface area contributed by atoms with E-state index < -0.39 is 23.3 Å². The Morgan fingerprint density at radius 3 is 2.44 bits per heavy atom. The average Bonchev–Trinajstić information content (AvgIpc) is 3.34. The number of likely N-dealkylation sites (tertiary alicyclic amines) is 1. The number of thiol groups is 1. The molecule has 1 heterocycles. The molecule has 0 unspecified atom stereocenters. The molecular weight excluding hydrogens is 448 g/mol. The van der Waals surface area contributed by atoms with Gasteiger partial charge in [0, 0.05) is 13.0 Å². The zero-order valence-electron chi connectivity index (χ0n) is 18.8. The molecule has 0 saturated carbocycles. The van der Waals surface area contributed by atoms with Crippen molar-refractivity contribution in [1.29, 1.82) is 0 Å². The van der Waals surface area contributed by atoms with Crippen molar-refractivity contribution in [3.05, 3.63) is 83.9 Å². The molecule has 0 spiro atoms. The maximum absolute atomic E-state index is 13.5. The molecule has 2 amide bonds. The molecule has 0 aromatic heterocycles. The van der Waals surface area contributed by atoms with Gasteiger partial charge in [-0.2, -0.15) is 12.6 Å². The lowest BCUT2D eigenvalue weighted by Crippen LogP contribution is -2.54. The fourth-order valence-electron chi connectivity index (χ4n) is 4.58. The smallest absolute Gasteiger partial charge is 0.326 e. The van der Waals surface area contributed by atoms with E-state index in [0.717, 1.165) is 21.9 Å². The highest BCUT2D eigenvalue weighted by atomic mass is 32.1. The minimum atomic E-state index is -1.02. The average molecular weight is 477 g/mol. The maximum Gasteiger partial charge on any atom is 0.326 e. The van der Waals surface area contributed by atoms with Crippen LogP contribution >= 0.6 is 12.6 Å². The third kappa shape index (κ3) is 5.42. The summed E-state index contributed by atoms with van der Waals surface area (Å²) in [5.74, 6) is -1.74. The van der Waals surface area contributed by atoms with E-state index in [1.807, 2.05) is 72.8 Å². The Balaban J connectivity index is 1.58. The Labute approximate surface area is 204 Å². The number of amides is 2. The first-order valence-electron chi connectivity index (χ1n) is 11.5. The third-order valence-corrected chi connectivity index (χ3v) is 6.73. The summed E-state index contributed by atoms with van der Waals surface area (Å²) in [5.41, 5.74) is 1.89. The van der Waals surface area contributed by atoms with Crippen LogP contribution in [0.15, 0.2) is 72.8 Å². The van der Waals surface area contributed by atoms with Crippen LogP contribution in [0, 0.1) is 0 Å². The van der Waals surface area contributed by atoms with Gasteiger partial charge in [0.2, 0.25) is 11.8 Å². The molecule has 3 aromatic carbocycles. The van der Waals surface area contributed by atoms with Crippen LogP contribution in [0.2, 0.25) is 0 Å². The number of hydrogen-bond acceptors (Lipinski definition) is 4. The molecule has 1 aliphatic heterocycles. The number of benzene rings is 3. The summed E-state index contributed by atoms with van der Waals surface area (Å²) in [6.07, 6.45) is 1.73. The van der Waals surface area contributed by atoms with Gasteiger partial charge in [0.05, 0.1) is 5.25 Å². The van der Waals surface area contributed by atoms with E-state index in [4.69, 9.17) is 0 Å². The second-order valence-electron chi connectivity index (χ2n) is 8.64. The van der Waals surface area contributed by atoms with Gasteiger partial charge >= 0.3 is 5.97 Å². The Morgan fingerprint density at radius 1 is 0.971 bits per heavy atom. The Morgan fingerprint density at radius 2 is 1.68 bits per heavy atom. The van der Waals surface area contributed by atoms with Crippen LogP contribution < -0.4 is 5.32 Å². The fraction of sp³-hybridized carbons (Fsp3) is 0.296. The molecule has 6 nitrogen and oxygen atoms in total. The minimum Gasteiger partial charge on any atom is -0.480 e. The first-order valence-corrected chi connectivity index (χ1v) is 12.0. The number of fused-ring (bicyclic) bond motifs is 1. The predicted octanol–water partition coefficient (Wildman–Crippen LogP) is 3.48. The van der Waals surface area contributed by atoms with Crippen LogP contribution in [-0.4, -0.2) is 51.7 Å². The van der Waals surface area contributed by atoms with Gasteiger partial charge in [-0.3, -0.25) is 9.59 Å². The molecular formula is C27H28N2O4S. The van der Waals surface area contributed by atoms with Gasteiger partial charge in [0.1, 0.15) is 12.1 Å². The molecule has 176 valence electrons. The standard InChI is InChI=1S/C27H28N2O4S/c30-25(24(34)16-18-8-2-1-3-9-18)28-22(26(31)29-15-7-14-23(29)27(32)33)17-20-12-6-11-19-10-4-5-13-21(19)20/h1-6,8-13,22-24,34H,7,14-17H2,(H,28,30)(H,32,33)/t22-,23-,24-/m0/s1. The molecule has 1 aliphatic rings. The van der Waals surface area contributed by atoms with E-state index in [1.165, 1.54) is 4.90 Å². The Bertz CT molecular complexity index is 1180. The molecule has 0 radical (unpaired) electrons. The molecule has 3 atom stereocenters. The molecule has 34 heavy (non-hydrogen) atoms. The highest BCUT2D eigenvalue weighted by Gasteiger charge is 2.38. The van der Waals surface area contributed by atoms with Crippen LogP contribution in [0.4, 0.5) is 0 Å². The van der Waals surface area contributed by atoms with Gasteiger partial charge in [0.15, 0.2) is 0 Å². The molecule has 0 bridgehead atoms. The number of carboxylic acid groups (broad SMARTS) is 1. The van der Waals surface area contributed by atoms with Crippen molar-refractivity contribution < 1.29 is 19.5 Å². The van der Waals surface area contributed by atoms with E-state index in [9.17, 15) is 19.5 Å². The van der Waals surface area contributed by atoms with E-state index in [0.29, 0.717) is 25.8 Å². The van der Waals surface area contributed by atoms with E-state index in [-0.39, 0.29) is 18.2 Å². The molecule has 7 heteroatoms. The third-order valence-electron chi connectivity index (χ3n) is 6.31. The highest BCUT2D eigenvalue weighted by molar-refractivity contribution is 7.81. The topological polar surface area (TPSA) is 86.7 Å². The summed E-state index contributed by atoms with van der Waals surface area (Å²) in [6, 6.07) is 21.6. The van der Waals surface area contributed by atoms with E-state index in [2.05, 4.69) is 17.9 Å². The SMILES string of the molecule is O=C(N[C@@H](Cc1cccc2ccccc12)C(=O)N1CCC[C@H]1C(=O)O)[C@@H](S)Cc1ccccc1. The summed E-state index contributed by atoms with van der Waals surface area (Å²) in [6.45, 7) is 0.367. The summed E-state index contributed by atoms with van der Waals surface area (Å²) in [7, 11) is 0. The second kappa shape index (κ2) is 10.7. The van der Waals surface area contributed by atoms with Gasteiger partial charge in [0.25, 0.3) is 0 Å². The number of rotatable bonds is 8. The van der Waals surface area contributed by atoms with Crippen molar-refractivity contribution in [3.63, 3.8) is 0 Å². The molecule has 4 rings (SSSR count). The van der Waals surface area contributed by atoms with Crippen molar-refractivity contribution in [2.24, 2.45) is 0 Å². The van der Waals surface area contributed by atoms with Crippen LogP contribution in [-0.2, 0) is 27.2 Å². The minimum absolute atomic E-state index is 0.264. The molecule has 3 aromatic rings. The van der Waals surface area contributed by atoms with Gasteiger partial charge < -0.3 is 15.3 Å². The first-order chi connectivity index (χ1) is 16.4. The molecule has 0 aliphatic carbocycles. The summed E-state index contributed by atoms with van der Waals surface area (Å²) < 4.78 is 0. The summed E-state index contributed by atoms with van der Waals surface area (Å²) in [4.78, 5) is 39.7. The first kappa shape index (κ1) is 23.8. The monoisotopic (exact) mass is 476 g/mol. The lowest BCUT2D eigenvalue weighted by atomic mass is 9.97. The van der Waals surface area contributed by atoms with Crippen molar-refractivity contribution >= 4 is 41.2 Å². The molecule has 2 N–H and O–H groups in total. The van der Waals surface area contributed by atoms with E-state index in [1.54, 1.807) is 0 Å². The number of nitrogens with zero attached hydrogens (tertiary/aromatic N) is 1. The van der Waals surface area contributed by atoms with Gasteiger partial charge in [-0.1, -0.05) is 72.8 Å². The highest BCUT2D eigenvalue weighted by Crippen LogP contribution is 2.23. The van der Waals surface area contributed by atoms with Crippen LogP contribution in [0.3, 0.4) is 0 Å². The Hall–Kier alpha value is -3.32. The lowest BCUT2D eigenvalue weighted by Gasteiger charge is -2.28. The normalized spacial score (nSPS) is 17.3. The zero-order valence-corrected chi connectivity index (χ0v) is 19.7. The van der Waals surface area contributed by atoms with Crippen molar-refractivity contribution in [2.75, 3.05) is 6.54 Å². The summed E-state index contributed by atoms with van der Waals surface area (Å²) >= 11 is 4.49. The molecule has 1 fully saturated rings. The van der Waals surface area contributed by atoms with Crippen LogP contribution in [0.1, 0.15) is 24.0 Å². The number of carbonyl (C=O) groups is 3. The lowest BCUT2D eigenvalue weighted by molar-refractivity contribution is -0.149. The van der Waals surface area contributed by atoms with Crippen LogP contribution in [0.5, 0.6) is 0 Å².